The van der Waals surface area contributed by atoms with Gasteiger partial charge in [0.2, 0.25) is 0 Å². The molecule has 2 aliphatic rings. The summed E-state index contributed by atoms with van der Waals surface area (Å²) in [7, 11) is 0. The number of aldehydes is 2. The molecule has 0 heterocycles. The average molecular weight is 407 g/mol. The highest BCUT2D eigenvalue weighted by molar-refractivity contribution is 5.52. The van der Waals surface area contributed by atoms with Gasteiger partial charge in [0.05, 0.1) is 0 Å². The van der Waals surface area contributed by atoms with E-state index in [1.165, 1.54) is 64.2 Å². The highest BCUT2D eigenvalue weighted by Crippen LogP contribution is 2.35. The molecule has 2 saturated carbocycles. The number of rotatable bonds is 10. The van der Waals surface area contributed by atoms with Crippen molar-refractivity contribution in [2.45, 2.75) is 118 Å². The fourth-order valence-electron chi connectivity index (χ4n) is 5.68. The molecule has 0 amide bonds. The maximum Gasteiger partial charge on any atom is 0.122 e. The van der Waals surface area contributed by atoms with E-state index in [-0.39, 0.29) is 5.92 Å². The first-order valence-corrected chi connectivity index (χ1v) is 12.7. The molecule has 2 heteroatoms. The monoisotopic (exact) mass is 406 g/mol. The summed E-state index contributed by atoms with van der Waals surface area (Å²) in [6, 6.07) is 0. The third-order valence-electron chi connectivity index (χ3n) is 7.17. The zero-order chi connectivity index (χ0) is 21.6. The van der Waals surface area contributed by atoms with Crippen molar-refractivity contribution in [3.05, 3.63) is 0 Å². The fourth-order valence-corrected chi connectivity index (χ4v) is 5.68. The van der Waals surface area contributed by atoms with Gasteiger partial charge in [-0.2, -0.15) is 0 Å². The van der Waals surface area contributed by atoms with Gasteiger partial charge in [0, 0.05) is 12.3 Å². The highest BCUT2D eigenvalue weighted by atomic mass is 16.1. The van der Waals surface area contributed by atoms with E-state index in [0.717, 1.165) is 67.3 Å². The van der Waals surface area contributed by atoms with Crippen LogP contribution in [0.3, 0.4) is 0 Å². The predicted octanol–water partition coefficient (Wildman–Crippen LogP) is 7.88. The molecule has 2 nitrogen and oxygen atoms in total. The Hall–Kier alpha value is -0.660. The molecular weight excluding hydrogens is 356 g/mol. The van der Waals surface area contributed by atoms with E-state index in [1.54, 1.807) is 0 Å². The van der Waals surface area contributed by atoms with Crippen LogP contribution in [-0.2, 0) is 9.59 Å². The van der Waals surface area contributed by atoms with Crippen LogP contribution in [0.5, 0.6) is 0 Å². The van der Waals surface area contributed by atoms with Gasteiger partial charge in [0.1, 0.15) is 12.6 Å². The van der Waals surface area contributed by atoms with Crippen LogP contribution in [0.1, 0.15) is 118 Å². The van der Waals surface area contributed by atoms with Crippen molar-refractivity contribution in [1.82, 2.24) is 0 Å². The van der Waals surface area contributed by atoms with Gasteiger partial charge in [-0.25, -0.2) is 0 Å². The molecule has 0 N–H and O–H groups in total. The molecule has 2 aliphatic carbocycles. The Balaban J connectivity index is 0.000000291. The summed E-state index contributed by atoms with van der Waals surface area (Å²) >= 11 is 0. The summed E-state index contributed by atoms with van der Waals surface area (Å²) < 4.78 is 0. The maximum atomic E-state index is 10.6. The number of carbonyl (C=O) groups excluding carboxylic acids is 2. The van der Waals surface area contributed by atoms with Gasteiger partial charge in [0.15, 0.2) is 0 Å². The van der Waals surface area contributed by atoms with Crippen LogP contribution in [0, 0.1) is 41.4 Å². The Labute approximate surface area is 182 Å². The molecule has 0 aromatic heterocycles. The van der Waals surface area contributed by atoms with Crippen LogP contribution in [-0.4, -0.2) is 12.6 Å². The Kier molecular flexibility index (Phi) is 13.8. The van der Waals surface area contributed by atoms with Crippen LogP contribution in [0.25, 0.3) is 0 Å². The van der Waals surface area contributed by atoms with E-state index in [4.69, 9.17) is 0 Å². The molecule has 0 aromatic rings. The molecule has 1 atom stereocenters. The predicted molar refractivity (Wildman–Crippen MR) is 125 cm³/mol. The minimum atomic E-state index is 0.275. The Morgan fingerprint density at radius 1 is 0.621 bits per heavy atom. The van der Waals surface area contributed by atoms with E-state index in [1.807, 2.05) is 6.92 Å². The standard InChI is InChI=1S/C14H26O.C13H24O/c1-11(2)8-13-4-6-14(7-5-13)9-12(3)10-15;1-11(2)10-13-7-5-12(6-8-13)4-3-9-14/h10-14H,4-9H2,1-3H3;9,11-13H,3-8,10H2,1-2H3. The molecule has 0 spiro atoms. The third kappa shape index (κ3) is 12.6. The van der Waals surface area contributed by atoms with Crippen LogP contribution in [0.2, 0.25) is 0 Å². The van der Waals surface area contributed by atoms with E-state index < -0.39 is 0 Å². The molecule has 170 valence electrons. The smallest absolute Gasteiger partial charge is 0.122 e. The van der Waals surface area contributed by atoms with E-state index >= 15 is 0 Å². The lowest BCUT2D eigenvalue weighted by Gasteiger charge is -2.30. The first-order valence-electron chi connectivity index (χ1n) is 12.7. The molecule has 0 aromatic carbocycles. The first kappa shape index (κ1) is 26.4. The van der Waals surface area contributed by atoms with Gasteiger partial charge >= 0.3 is 0 Å². The topological polar surface area (TPSA) is 34.1 Å². The van der Waals surface area contributed by atoms with Crippen molar-refractivity contribution in [3.63, 3.8) is 0 Å². The Morgan fingerprint density at radius 2 is 1.00 bits per heavy atom. The third-order valence-corrected chi connectivity index (χ3v) is 7.17. The average Bonchev–Trinajstić information content (AvgIpc) is 2.68. The molecule has 0 bridgehead atoms. The van der Waals surface area contributed by atoms with Gasteiger partial charge in [-0.3, -0.25) is 0 Å². The minimum Gasteiger partial charge on any atom is -0.303 e. The normalized spacial score (nSPS) is 28.5. The van der Waals surface area contributed by atoms with Crippen LogP contribution < -0.4 is 0 Å². The molecule has 29 heavy (non-hydrogen) atoms. The molecule has 0 radical (unpaired) electrons. The van der Waals surface area contributed by atoms with Crippen LogP contribution >= 0.6 is 0 Å². The van der Waals surface area contributed by atoms with Crippen molar-refractivity contribution in [1.29, 1.82) is 0 Å². The minimum absolute atomic E-state index is 0.275. The molecule has 2 rings (SSSR count). The Morgan fingerprint density at radius 3 is 1.34 bits per heavy atom. The summed E-state index contributed by atoms with van der Waals surface area (Å²) in [4.78, 5) is 20.8. The van der Waals surface area contributed by atoms with E-state index in [2.05, 4.69) is 27.7 Å². The van der Waals surface area contributed by atoms with E-state index in [9.17, 15) is 9.59 Å². The molecule has 1 unspecified atom stereocenters. The van der Waals surface area contributed by atoms with Crippen molar-refractivity contribution < 1.29 is 9.59 Å². The molecular formula is C27H50O2. The lowest BCUT2D eigenvalue weighted by Crippen LogP contribution is -2.18. The number of carbonyl (C=O) groups is 2. The summed E-state index contributed by atoms with van der Waals surface area (Å²) in [5.74, 6) is 5.59. The van der Waals surface area contributed by atoms with Gasteiger partial charge in [-0.05, 0) is 61.2 Å². The fraction of sp³-hybridized carbons (Fsp3) is 0.926. The van der Waals surface area contributed by atoms with Crippen LogP contribution in [0.15, 0.2) is 0 Å². The summed E-state index contributed by atoms with van der Waals surface area (Å²) in [5.41, 5.74) is 0. The second-order valence-electron chi connectivity index (χ2n) is 11.1. The number of hydrogen-bond acceptors (Lipinski definition) is 2. The number of hydrogen-bond donors (Lipinski definition) is 0. The lowest BCUT2D eigenvalue weighted by molar-refractivity contribution is -0.111. The maximum absolute atomic E-state index is 10.6. The van der Waals surface area contributed by atoms with Crippen molar-refractivity contribution >= 4 is 12.6 Å². The SMILES string of the molecule is CC(C)CC1CCC(CC(C)C=O)CC1.CC(C)CC1CCC(CCC=O)CC1. The summed E-state index contributed by atoms with van der Waals surface area (Å²) in [5, 5.41) is 0. The molecule has 2 fully saturated rings. The molecule has 0 aliphatic heterocycles. The second-order valence-corrected chi connectivity index (χ2v) is 11.1. The zero-order valence-corrected chi connectivity index (χ0v) is 20.2. The second kappa shape index (κ2) is 15.2. The summed E-state index contributed by atoms with van der Waals surface area (Å²) in [6.07, 6.45) is 19.1. The lowest BCUT2D eigenvalue weighted by atomic mass is 9.76. The quantitative estimate of drug-likeness (QED) is 0.346. The van der Waals surface area contributed by atoms with Gasteiger partial charge in [-0.1, -0.05) is 86.0 Å². The van der Waals surface area contributed by atoms with Gasteiger partial charge in [0.25, 0.3) is 0 Å². The first-order chi connectivity index (χ1) is 13.8. The summed E-state index contributed by atoms with van der Waals surface area (Å²) in [6.45, 7) is 11.3. The van der Waals surface area contributed by atoms with Gasteiger partial charge < -0.3 is 9.59 Å². The van der Waals surface area contributed by atoms with Gasteiger partial charge in [-0.15, -0.1) is 0 Å². The Bertz CT molecular complexity index is 412. The molecule has 0 saturated heterocycles. The highest BCUT2D eigenvalue weighted by Gasteiger charge is 2.23. The van der Waals surface area contributed by atoms with Crippen molar-refractivity contribution in [2.24, 2.45) is 41.4 Å². The van der Waals surface area contributed by atoms with Crippen molar-refractivity contribution in [3.8, 4) is 0 Å². The largest absolute Gasteiger partial charge is 0.303 e. The van der Waals surface area contributed by atoms with E-state index in [0.29, 0.717) is 0 Å². The van der Waals surface area contributed by atoms with Crippen molar-refractivity contribution in [2.75, 3.05) is 0 Å². The zero-order valence-electron chi connectivity index (χ0n) is 20.2. The van der Waals surface area contributed by atoms with Crippen LogP contribution in [0.4, 0.5) is 0 Å².